The molecule has 144 valence electrons. The number of hydrogen-bond donors (Lipinski definition) is 1. The van der Waals surface area contributed by atoms with Crippen LogP contribution >= 0.6 is 0 Å². The van der Waals surface area contributed by atoms with Gasteiger partial charge in [0.2, 0.25) is 0 Å². The molecule has 1 atom stereocenters. The Bertz CT molecular complexity index is 969. The van der Waals surface area contributed by atoms with Crippen LogP contribution in [-0.2, 0) is 22.6 Å². The van der Waals surface area contributed by atoms with Crippen molar-refractivity contribution in [3.8, 4) is 0 Å². The summed E-state index contributed by atoms with van der Waals surface area (Å²) in [4.78, 5) is 14.7. The van der Waals surface area contributed by atoms with Gasteiger partial charge in [-0.05, 0) is 37.4 Å². The molecule has 1 N–H and O–H groups in total. The third-order valence-corrected chi connectivity index (χ3v) is 5.85. The number of alkyl halides is 1. The first-order valence-electron chi connectivity index (χ1n) is 9.95. The number of nitrogens with one attached hydrogen (secondary N) is 1. The van der Waals surface area contributed by atoms with Crippen LogP contribution < -0.4 is 5.32 Å². The number of carbonyl (C=O) groups is 1. The lowest BCUT2D eigenvalue weighted by Crippen LogP contribution is -2.37. The third kappa shape index (κ3) is 3.10. The van der Waals surface area contributed by atoms with Crippen LogP contribution in [0.25, 0.3) is 11.3 Å². The van der Waals surface area contributed by atoms with Crippen molar-refractivity contribution in [1.82, 2.24) is 4.90 Å². The zero-order valence-corrected chi connectivity index (χ0v) is 15.7. The number of fused-ring (bicyclic) bond motifs is 2. The van der Waals surface area contributed by atoms with E-state index >= 15 is 0 Å². The van der Waals surface area contributed by atoms with Crippen molar-refractivity contribution in [1.29, 1.82) is 0 Å². The summed E-state index contributed by atoms with van der Waals surface area (Å²) in [6.45, 7) is 2.90. The topological polar surface area (TPSA) is 41.6 Å². The number of para-hydroxylation sites is 1. The number of benzene rings is 2. The van der Waals surface area contributed by atoms with E-state index in [0.717, 1.165) is 48.3 Å². The van der Waals surface area contributed by atoms with Gasteiger partial charge in [0.05, 0.1) is 5.57 Å². The summed E-state index contributed by atoms with van der Waals surface area (Å²) in [7, 11) is 0. The van der Waals surface area contributed by atoms with Crippen LogP contribution in [0.2, 0.25) is 0 Å². The summed E-state index contributed by atoms with van der Waals surface area (Å²) in [5.74, 6) is 0.555. The Morgan fingerprint density at radius 2 is 2.07 bits per heavy atom. The molecule has 4 nitrogen and oxygen atoms in total. The molecule has 0 aliphatic carbocycles. The molecule has 5 rings (SSSR count). The van der Waals surface area contributed by atoms with Crippen molar-refractivity contribution in [2.24, 2.45) is 0 Å². The van der Waals surface area contributed by atoms with Gasteiger partial charge < -0.3 is 15.0 Å². The number of likely N-dealkylation sites (tertiary alicyclic amines) is 1. The van der Waals surface area contributed by atoms with Gasteiger partial charge in [-0.15, -0.1) is 0 Å². The van der Waals surface area contributed by atoms with Gasteiger partial charge in [-0.25, -0.2) is 4.39 Å². The number of hydrogen-bond acceptors (Lipinski definition) is 3. The van der Waals surface area contributed by atoms with Gasteiger partial charge in [0, 0.05) is 35.5 Å². The molecular formula is C23H23FN2O2. The molecule has 2 aromatic carbocycles. The van der Waals surface area contributed by atoms with Crippen LogP contribution in [0, 0.1) is 0 Å². The van der Waals surface area contributed by atoms with E-state index < -0.39 is 6.17 Å². The van der Waals surface area contributed by atoms with Gasteiger partial charge in [0.25, 0.3) is 5.91 Å². The average Bonchev–Trinajstić information content (AvgIpc) is 3.25. The second kappa shape index (κ2) is 7.06. The van der Waals surface area contributed by atoms with Crippen molar-refractivity contribution in [3.63, 3.8) is 0 Å². The van der Waals surface area contributed by atoms with Crippen LogP contribution in [0.5, 0.6) is 0 Å². The lowest BCUT2D eigenvalue weighted by atomic mass is 9.98. The first-order valence-corrected chi connectivity index (χ1v) is 9.95. The van der Waals surface area contributed by atoms with Crippen molar-refractivity contribution in [2.45, 2.75) is 32.0 Å². The second-order valence-electron chi connectivity index (χ2n) is 7.77. The Morgan fingerprint density at radius 1 is 1.18 bits per heavy atom. The van der Waals surface area contributed by atoms with Crippen molar-refractivity contribution >= 4 is 22.9 Å². The summed E-state index contributed by atoms with van der Waals surface area (Å²) < 4.78 is 19.5. The fourth-order valence-corrected chi connectivity index (χ4v) is 4.41. The monoisotopic (exact) mass is 378 g/mol. The van der Waals surface area contributed by atoms with E-state index in [2.05, 4.69) is 28.4 Å². The van der Waals surface area contributed by atoms with E-state index in [1.165, 1.54) is 5.56 Å². The van der Waals surface area contributed by atoms with E-state index in [-0.39, 0.29) is 5.91 Å². The average molecular weight is 378 g/mol. The Balaban J connectivity index is 1.38. The van der Waals surface area contributed by atoms with Gasteiger partial charge in [-0.2, -0.15) is 0 Å². The summed E-state index contributed by atoms with van der Waals surface area (Å²) in [5.41, 5.74) is 5.67. The standard InChI is InChI=1S/C23H23FN2O2/c24-17-4-3-10-26(13-17)11-9-15-7-8-18-16(12-15)14-28-22(18)21-19-5-1-2-6-20(19)25-23(21)27/h1-2,5-8,12,17H,3-4,9-11,13-14H2,(H,25,27)/b22-21+. The van der Waals surface area contributed by atoms with Crippen LogP contribution in [0.4, 0.5) is 10.1 Å². The molecule has 0 saturated carbocycles. The summed E-state index contributed by atoms with van der Waals surface area (Å²) in [6.07, 6.45) is 1.85. The van der Waals surface area contributed by atoms with Gasteiger partial charge in [-0.1, -0.05) is 36.4 Å². The Labute approximate surface area is 164 Å². The van der Waals surface area contributed by atoms with Crippen LogP contribution in [0.1, 0.15) is 35.1 Å². The zero-order chi connectivity index (χ0) is 19.1. The molecule has 0 aromatic heterocycles. The molecule has 5 heteroatoms. The summed E-state index contributed by atoms with van der Waals surface area (Å²) in [5, 5.41) is 2.91. The molecule has 1 saturated heterocycles. The molecule has 1 fully saturated rings. The van der Waals surface area contributed by atoms with Crippen molar-refractivity contribution in [3.05, 3.63) is 64.7 Å². The van der Waals surface area contributed by atoms with E-state index in [1.54, 1.807) is 0 Å². The van der Waals surface area contributed by atoms with E-state index in [1.807, 2.05) is 24.3 Å². The van der Waals surface area contributed by atoms with Crippen molar-refractivity contribution < 1.29 is 13.9 Å². The van der Waals surface area contributed by atoms with Crippen LogP contribution in [0.15, 0.2) is 42.5 Å². The SMILES string of the molecule is O=C1Nc2ccccc2/C1=C1\OCc2cc(CCN3CCCC(F)C3)ccc21. The quantitative estimate of drug-likeness (QED) is 0.821. The highest BCUT2D eigenvalue weighted by Crippen LogP contribution is 2.41. The lowest BCUT2D eigenvalue weighted by Gasteiger charge is -2.28. The fraction of sp³-hybridized carbons (Fsp3) is 0.348. The van der Waals surface area contributed by atoms with Gasteiger partial charge >= 0.3 is 0 Å². The fourth-order valence-electron chi connectivity index (χ4n) is 4.41. The predicted octanol–water partition coefficient (Wildman–Crippen LogP) is 4.01. The third-order valence-electron chi connectivity index (χ3n) is 5.85. The molecule has 0 bridgehead atoms. The molecule has 0 radical (unpaired) electrons. The second-order valence-corrected chi connectivity index (χ2v) is 7.77. The molecule has 1 unspecified atom stereocenters. The minimum Gasteiger partial charge on any atom is -0.487 e. The highest BCUT2D eigenvalue weighted by atomic mass is 19.1. The highest BCUT2D eigenvalue weighted by molar-refractivity contribution is 6.36. The maximum Gasteiger partial charge on any atom is 0.260 e. The van der Waals surface area contributed by atoms with Crippen LogP contribution in [0.3, 0.4) is 0 Å². The van der Waals surface area contributed by atoms with E-state index in [0.29, 0.717) is 30.9 Å². The maximum atomic E-state index is 13.6. The largest absolute Gasteiger partial charge is 0.487 e. The maximum absolute atomic E-state index is 13.6. The van der Waals surface area contributed by atoms with E-state index in [9.17, 15) is 9.18 Å². The lowest BCUT2D eigenvalue weighted by molar-refractivity contribution is -0.110. The number of anilines is 1. The Morgan fingerprint density at radius 3 is 2.96 bits per heavy atom. The van der Waals surface area contributed by atoms with Crippen LogP contribution in [-0.4, -0.2) is 36.6 Å². The first kappa shape index (κ1) is 17.4. The molecule has 0 spiro atoms. The normalized spacial score (nSPS) is 23.9. The van der Waals surface area contributed by atoms with Gasteiger partial charge in [-0.3, -0.25) is 4.79 Å². The van der Waals surface area contributed by atoms with Gasteiger partial charge in [0.15, 0.2) is 0 Å². The molecular weight excluding hydrogens is 355 g/mol. The molecule has 2 aromatic rings. The smallest absolute Gasteiger partial charge is 0.260 e. The number of nitrogens with zero attached hydrogens (tertiary/aromatic N) is 1. The predicted molar refractivity (Wildman–Crippen MR) is 107 cm³/mol. The van der Waals surface area contributed by atoms with Gasteiger partial charge in [0.1, 0.15) is 18.5 Å². The minimum absolute atomic E-state index is 0.112. The Kier molecular flexibility index (Phi) is 4.40. The van der Waals surface area contributed by atoms with E-state index in [4.69, 9.17) is 4.74 Å². The Hall–Kier alpha value is -2.66. The zero-order valence-electron chi connectivity index (χ0n) is 15.7. The number of piperidine rings is 1. The molecule has 3 aliphatic heterocycles. The number of rotatable bonds is 3. The number of amides is 1. The molecule has 3 heterocycles. The minimum atomic E-state index is -0.684. The summed E-state index contributed by atoms with van der Waals surface area (Å²) >= 11 is 0. The molecule has 1 amide bonds. The number of ether oxygens (including phenoxy) is 1. The highest BCUT2D eigenvalue weighted by Gasteiger charge is 2.32. The van der Waals surface area contributed by atoms with Crippen molar-refractivity contribution in [2.75, 3.05) is 25.0 Å². The summed E-state index contributed by atoms with van der Waals surface area (Å²) in [6, 6.07) is 14.0. The molecule has 3 aliphatic rings. The number of carbonyl (C=O) groups excluding carboxylic acids is 1. The first-order chi connectivity index (χ1) is 13.7. The number of halogens is 1. The molecule has 28 heavy (non-hydrogen) atoms.